The second kappa shape index (κ2) is 6.76. The van der Waals surface area contributed by atoms with Gasteiger partial charge in [-0.15, -0.1) is 0 Å². The topological polar surface area (TPSA) is 0 Å². The van der Waals surface area contributed by atoms with Crippen LogP contribution in [0.4, 0.5) is 0 Å². The van der Waals surface area contributed by atoms with E-state index in [1.807, 2.05) is 24.3 Å². The molecule has 0 unspecified atom stereocenters. The zero-order valence-corrected chi connectivity index (χ0v) is 9.46. The van der Waals surface area contributed by atoms with E-state index < -0.39 is 0 Å². The Morgan fingerprint density at radius 3 is 1.54 bits per heavy atom. The van der Waals surface area contributed by atoms with Crippen molar-refractivity contribution in [1.82, 2.24) is 0 Å². The monoisotopic (exact) mass is 209 g/mol. The van der Waals surface area contributed by atoms with E-state index in [9.17, 15) is 0 Å². The van der Waals surface area contributed by atoms with E-state index in [0.717, 1.165) is 0 Å². The van der Waals surface area contributed by atoms with Gasteiger partial charge in [0.15, 0.2) is 0 Å². The van der Waals surface area contributed by atoms with Gasteiger partial charge in [-0.1, -0.05) is 6.92 Å². The molecule has 0 nitrogen and oxygen atoms in total. The van der Waals surface area contributed by atoms with Gasteiger partial charge in [0.05, 0.1) is 0 Å². The van der Waals surface area contributed by atoms with Crippen LogP contribution in [0.2, 0.25) is 0 Å². The van der Waals surface area contributed by atoms with Crippen molar-refractivity contribution < 1.29 is 18.6 Å². The predicted molar refractivity (Wildman–Crippen MR) is 53.5 cm³/mol. The first-order chi connectivity index (χ1) is 5.79. The van der Waals surface area contributed by atoms with Crippen LogP contribution in [0.1, 0.15) is 11.1 Å². The molecule has 13 heavy (non-hydrogen) atoms. The molecule has 2 aromatic carbocycles. The van der Waals surface area contributed by atoms with Crippen molar-refractivity contribution in [2.75, 3.05) is 0 Å². The Bertz CT molecular complexity index is 245. The quantitative estimate of drug-likeness (QED) is 0.583. The Morgan fingerprint density at radius 2 is 1.38 bits per heavy atom. The first-order valence-electron chi connectivity index (χ1n) is 4.15. The first-order valence-corrected chi connectivity index (χ1v) is 4.15. The molecule has 0 N–H and O–H groups in total. The summed E-state index contributed by atoms with van der Waals surface area (Å²) in [4.78, 5) is 0. The molecule has 1 heteroatoms. The molecule has 73 valence electrons. The molecule has 0 aliphatic heterocycles. The maximum Gasteiger partial charge on any atom is 0 e. The van der Waals surface area contributed by atoms with E-state index in [0.29, 0.717) is 0 Å². The Morgan fingerprint density at radius 1 is 0.923 bits per heavy atom. The molecular weight excluding hydrogens is 195 g/mol. The third kappa shape index (κ3) is 5.51. The third-order valence-electron chi connectivity index (χ3n) is 1.66. The van der Waals surface area contributed by atoms with Crippen molar-refractivity contribution >= 4 is 0 Å². The van der Waals surface area contributed by atoms with Crippen LogP contribution in [-0.4, -0.2) is 0 Å². The van der Waals surface area contributed by atoms with Gasteiger partial charge in [-0.3, -0.25) is 0 Å². The zero-order valence-electron chi connectivity index (χ0n) is 8.07. The molecule has 0 aliphatic carbocycles. The average Bonchev–Trinajstić information content (AvgIpc) is 2.63. The largest absolute Gasteiger partial charge is 0.748 e. The van der Waals surface area contributed by atoms with Gasteiger partial charge in [-0.25, -0.2) is 19.1 Å². The molecule has 0 fully saturated rings. The van der Waals surface area contributed by atoms with Crippen LogP contribution in [0.25, 0.3) is 0 Å². The van der Waals surface area contributed by atoms with E-state index in [4.69, 9.17) is 0 Å². The molecule has 2 aromatic rings. The van der Waals surface area contributed by atoms with Crippen LogP contribution in [0.3, 0.4) is 0 Å². The van der Waals surface area contributed by atoms with E-state index in [1.54, 1.807) is 0 Å². The minimum atomic E-state index is 0. The van der Waals surface area contributed by atoms with Crippen LogP contribution in [0.15, 0.2) is 48.5 Å². The van der Waals surface area contributed by atoms with Gasteiger partial charge in [0.1, 0.15) is 0 Å². The Hall–Kier alpha value is -0.716. The fourth-order valence-electron chi connectivity index (χ4n) is 0.940. The van der Waals surface area contributed by atoms with Crippen LogP contribution >= 0.6 is 0 Å². The summed E-state index contributed by atoms with van der Waals surface area (Å²) in [6.07, 6.45) is 0. The molecule has 0 saturated carbocycles. The van der Waals surface area contributed by atoms with Crippen molar-refractivity contribution in [2.24, 2.45) is 0 Å². The van der Waals surface area contributed by atoms with Crippen molar-refractivity contribution in [1.29, 1.82) is 0 Å². The van der Waals surface area contributed by atoms with Crippen LogP contribution in [0.5, 0.6) is 0 Å². The number of hydrogen-bond donors (Lipinski definition) is 0. The summed E-state index contributed by atoms with van der Waals surface area (Å²) in [7, 11) is 0. The molecule has 0 bridgehead atoms. The molecule has 1 radical (unpaired) electrons. The third-order valence-corrected chi connectivity index (χ3v) is 1.66. The molecule has 0 heterocycles. The minimum Gasteiger partial charge on any atom is -0.748 e. The normalized spacial score (nSPS) is 8.15. The molecule has 0 atom stereocenters. The summed E-state index contributed by atoms with van der Waals surface area (Å²) < 4.78 is 0. The molecule has 0 aliphatic rings. The zero-order chi connectivity index (χ0) is 8.81. The van der Waals surface area contributed by atoms with E-state index >= 15 is 0 Å². The summed E-state index contributed by atoms with van der Waals surface area (Å²) in [5, 5.41) is 0. The van der Waals surface area contributed by atoms with Crippen LogP contribution in [0, 0.1) is 13.8 Å². The van der Waals surface area contributed by atoms with Crippen LogP contribution in [-0.2, 0) is 18.6 Å². The fraction of sp³-hybridized carbons (Fsp3) is 0.167. The first kappa shape index (κ1) is 12.3. The van der Waals surface area contributed by atoms with Gasteiger partial charge < -0.3 is 29.8 Å². The number of hydrogen-bond acceptors (Lipinski definition) is 0. The second-order valence-corrected chi connectivity index (χ2v) is 2.92. The Labute approximate surface area is 92.2 Å². The second-order valence-electron chi connectivity index (χ2n) is 2.92. The summed E-state index contributed by atoms with van der Waals surface area (Å²) in [6.45, 7) is 4.17. The van der Waals surface area contributed by atoms with Gasteiger partial charge in [-0.05, 0) is 0 Å². The Kier molecular flexibility index (Phi) is 6.39. The van der Waals surface area contributed by atoms with Gasteiger partial charge in [0, 0.05) is 18.6 Å². The van der Waals surface area contributed by atoms with Crippen molar-refractivity contribution in [2.45, 2.75) is 13.8 Å². The SMILES string of the molecule is C[c-]1[cH-][cH-][cH-][cH-]1.C[c-]1cccc1.[V]. The van der Waals surface area contributed by atoms with Gasteiger partial charge >= 0.3 is 0 Å². The Balaban J connectivity index is 0.000000206. The van der Waals surface area contributed by atoms with Gasteiger partial charge in [0.2, 0.25) is 0 Å². The average molecular weight is 209 g/mol. The molecular formula is C12H14V-6. The van der Waals surface area contributed by atoms with E-state index in [-0.39, 0.29) is 18.6 Å². The minimum absolute atomic E-state index is 0. The van der Waals surface area contributed by atoms with E-state index in [2.05, 4.69) is 38.1 Å². The molecule has 2 rings (SSSR count). The standard InChI is InChI=1S/2C6H7.V/c2*1-6-4-2-3-5-6;/h2*2-5H,1H3;/q-5;-1;. The fourth-order valence-corrected chi connectivity index (χ4v) is 0.940. The summed E-state index contributed by atoms with van der Waals surface area (Å²) in [6, 6.07) is 16.5. The number of rotatable bonds is 0. The summed E-state index contributed by atoms with van der Waals surface area (Å²) in [5.41, 5.74) is 2.69. The van der Waals surface area contributed by atoms with Gasteiger partial charge in [-0.2, -0.15) is 17.7 Å². The maximum atomic E-state index is 2.08. The molecule has 0 aromatic heterocycles. The van der Waals surface area contributed by atoms with Gasteiger partial charge in [0.25, 0.3) is 0 Å². The molecule has 0 saturated heterocycles. The molecule has 0 spiro atoms. The maximum absolute atomic E-state index is 2.08. The molecule has 0 amide bonds. The summed E-state index contributed by atoms with van der Waals surface area (Å²) in [5.74, 6) is 0. The van der Waals surface area contributed by atoms with Crippen molar-refractivity contribution in [3.05, 3.63) is 59.7 Å². The predicted octanol–water partition coefficient (Wildman–Crippen LogP) is 3.43. The van der Waals surface area contributed by atoms with E-state index in [1.165, 1.54) is 11.1 Å². The van der Waals surface area contributed by atoms with Crippen molar-refractivity contribution in [3.63, 3.8) is 0 Å². The number of aryl methyl sites for hydroxylation is 2. The smallest absolute Gasteiger partial charge is 0 e. The van der Waals surface area contributed by atoms with Crippen LogP contribution < -0.4 is 0 Å². The van der Waals surface area contributed by atoms with Crippen molar-refractivity contribution in [3.8, 4) is 0 Å². The summed E-state index contributed by atoms with van der Waals surface area (Å²) >= 11 is 0.